The zero-order valence-electron chi connectivity index (χ0n) is 21.8. The molecule has 2 aromatic carbocycles. The van der Waals surface area contributed by atoms with Gasteiger partial charge in [0.15, 0.2) is 5.82 Å². The van der Waals surface area contributed by atoms with Crippen LogP contribution >= 0.6 is 23.5 Å². The summed E-state index contributed by atoms with van der Waals surface area (Å²) in [6.07, 6.45) is 0. The van der Waals surface area contributed by atoms with Gasteiger partial charge in [-0.3, -0.25) is 19.3 Å². The second-order valence-electron chi connectivity index (χ2n) is 9.46. The molecule has 0 saturated carbocycles. The standard InChI is InChI=1S/C26H23N9O5S2/c1-12(42-26-31-33-34-32-26)14-11-41-24-18(23(38)35(24)19(14)25(39)40)30-21(36)17(13-7-3-2-4-8-13)29-22(37)20-27-15-9-5-6-10-16(15)28-20/h2-10,12,17-18,24H,11H2,1H3,(H,27,28)(H,29,37)(H,30,36)(H,39,40)(H,31,32,33,34)/t12?,17?,18?,24-/m0/s1. The smallest absolute Gasteiger partial charge is 0.352 e. The van der Waals surface area contributed by atoms with Crippen molar-refractivity contribution in [3.63, 3.8) is 0 Å². The van der Waals surface area contributed by atoms with Gasteiger partial charge in [-0.05, 0) is 40.6 Å². The fraction of sp³-hybridized carbons (Fsp3) is 0.231. The number of tetrazole rings is 1. The van der Waals surface area contributed by atoms with E-state index in [1.54, 1.807) is 48.5 Å². The Kier molecular flexibility index (Phi) is 7.38. The molecule has 2 aromatic heterocycles. The Morgan fingerprint density at radius 1 is 1.14 bits per heavy atom. The minimum Gasteiger partial charge on any atom is -0.477 e. The van der Waals surface area contributed by atoms with E-state index >= 15 is 0 Å². The molecule has 3 amide bonds. The number of nitrogens with zero attached hydrogens (tertiary/aromatic N) is 5. The van der Waals surface area contributed by atoms with Crippen LogP contribution in [0.1, 0.15) is 29.1 Å². The number of para-hydroxylation sites is 2. The quantitative estimate of drug-likeness (QED) is 0.137. The van der Waals surface area contributed by atoms with Crippen molar-refractivity contribution in [2.75, 3.05) is 5.75 Å². The number of rotatable bonds is 9. The molecule has 0 radical (unpaired) electrons. The number of carbonyl (C=O) groups is 4. The Bertz CT molecular complexity index is 1680. The first kappa shape index (κ1) is 27.5. The maximum atomic E-state index is 13.6. The van der Waals surface area contributed by atoms with Crippen molar-refractivity contribution in [2.24, 2.45) is 0 Å². The maximum absolute atomic E-state index is 13.6. The predicted octanol–water partition coefficient (Wildman–Crippen LogP) is 1.47. The fourth-order valence-electron chi connectivity index (χ4n) is 4.83. The van der Waals surface area contributed by atoms with Crippen molar-refractivity contribution in [2.45, 2.75) is 34.8 Å². The number of aliphatic carboxylic acids is 1. The molecule has 2 aliphatic heterocycles. The van der Waals surface area contributed by atoms with Crippen molar-refractivity contribution >= 4 is 58.2 Å². The molecule has 1 saturated heterocycles. The molecule has 0 spiro atoms. The van der Waals surface area contributed by atoms with Gasteiger partial charge >= 0.3 is 5.97 Å². The van der Waals surface area contributed by atoms with E-state index in [4.69, 9.17) is 0 Å². The molecule has 5 N–H and O–H groups in total. The molecule has 4 heterocycles. The lowest BCUT2D eigenvalue weighted by molar-refractivity contribution is -0.151. The first-order chi connectivity index (χ1) is 20.3. The highest BCUT2D eigenvalue weighted by Crippen LogP contribution is 2.43. The zero-order chi connectivity index (χ0) is 29.4. The number of nitrogens with one attached hydrogen (secondary N) is 4. The number of H-pyrrole nitrogens is 2. The van der Waals surface area contributed by atoms with Gasteiger partial charge in [-0.1, -0.05) is 54.2 Å². The van der Waals surface area contributed by atoms with Crippen LogP contribution in [0.4, 0.5) is 0 Å². The Labute approximate surface area is 246 Å². The Morgan fingerprint density at radius 3 is 2.62 bits per heavy atom. The van der Waals surface area contributed by atoms with E-state index < -0.39 is 41.1 Å². The largest absolute Gasteiger partial charge is 0.477 e. The van der Waals surface area contributed by atoms with Gasteiger partial charge in [0.05, 0.1) is 11.0 Å². The molecular weight excluding hydrogens is 582 g/mol. The molecule has 16 heteroatoms. The molecule has 3 unspecified atom stereocenters. The number of hydrogen-bond acceptors (Lipinski definition) is 10. The van der Waals surface area contributed by atoms with Crippen LogP contribution in [-0.2, 0) is 14.4 Å². The van der Waals surface area contributed by atoms with E-state index in [0.717, 1.165) is 0 Å². The highest BCUT2D eigenvalue weighted by Gasteiger charge is 2.55. The highest BCUT2D eigenvalue weighted by atomic mass is 32.2. The molecule has 214 valence electrons. The topological polar surface area (TPSA) is 199 Å². The third-order valence-corrected chi connectivity index (χ3v) is 9.21. The lowest BCUT2D eigenvalue weighted by Crippen LogP contribution is -2.71. The first-order valence-electron chi connectivity index (χ1n) is 12.7. The number of carbonyl (C=O) groups excluding carboxylic acids is 3. The van der Waals surface area contributed by atoms with Crippen molar-refractivity contribution in [3.05, 3.63) is 77.3 Å². The number of imidazole rings is 1. The van der Waals surface area contributed by atoms with Gasteiger partial charge in [0, 0.05) is 11.0 Å². The van der Waals surface area contributed by atoms with E-state index in [9.17, 15) is 24.3 Å². The third-order valence-electron chi connectivity index (χ3n) is 6.88. The average molecular weight is 606 g/mol. The van der Waals surface area contributed by atoms with E-state index in [2.05, 4.69) is 41.2 Å². The summed E-state index contributed by atoms with van der Waals surface area (Å²) < 4.78 is 0. The van der Waals surface area contributed by atoms with Crippen LogP contribution in [0.15, 0.2) is 71.0 Å². The van der Waals surface area contributed by atoms with Crippen molar-refractivity contribution in [3.8, 4) is 0 Å². The molecule has 1 fully saturated rings. The zero-order valence-corrected chi connectivity index (χ0v) is 23.5. The minimum atomic E-state index is -1.24. The molecule has 0 aliphatic carbocycles. The Morgan fingerprint density at radius 2 is 1.90 bits per heavy atom. The number of benzene rings is 2. The predicted molar refractivity (Wildman–Crippen MR) is 152 cm³/mol. The minimum absolute atomic E-state index is 0.0375. The molecule has 0 bridgehead atoms. The van der Waals surface area contributed by atoms with Gasteiger partial charge in [-0.25, -0.2) is 14.9 Å². The summed E-state index contributed by atoms with van der Waals surface area (Å²) in [6, 6.07) is 13.7. The summed E-state index contributed by atoms with van der Waals surface area (Å²) in [5.74, 6) is -2.64. The van der Waals surface area contributed by atoms with Crippen molar-refractivity contribution in [1.82, 2.24) is 46.1 Å². The van der Waals surface area contributed by atoms with E-state index in [1.807, 2.05) is 13.0 Å². The lowest BCUT2D eigenvalue weighted by Gasteiger charge is -2.50. The summed E-state index contributed by atoms with van der Waals surface area (Å²) in [5.41, 5.74) is 2.21. The number of aromatic nitrogens is 6. The van der Waals surface area contributed by atoms with Crippen LogP contribution in [0.25, 0.3) is 11.0 Å². The summed E-state index contributed by atoms with van der Waals surface area (Å²) in [7, 11) is 0. The van der Waals surface area contributed by atoms with Crippen LogP contribution in [-0.4, -0.2) is 86.7 Å². The molecule has 2 aliphatic rings. The van der Waals surface area contributed by atoms with Gasteiger partial charge in [0.2, 0.25) is 11.1 Å². The molecule has 42 heavy (non-hydrogen) atoms. The Balaban J connectivity index is 1.20. The van der Waals surface area contributed by atoms with Gasteiger partial charge in [0.1, 0.15) is 23.2 Å². The molecule has 6 rings (SSSR count). The first-order valence-corrected chi connectivity index (χ1v) is 14.7. The summed E-state index contributed by atoms with van der Waals surface area (Å²) in [6.45, 7) is 1.81. The summed E-state index contributed by atoms with van der Waals surface area (Å²) in [5, 5.41) is 28.5. The van der Waals surface area contributed by atoms with Gasteiger partial charge in [-0.15, -0.1) is 16.9 Å². The normalized spacial score (nSPS) is 19.5. The molecule has 14 nitrogen and oxygen atoms in total. The van der Waals surface area contributed by atoms with E-state index in [0.29, 0.717) is 33.1 Å². The van der Waals surface area contributed by atoms with Crippen molar-refractivity contribution < 1.29 is 24.3 Å². The van der Waals surface area contributed by atoms with E-state index in [1.165, 1.54) is 28.4 Å². The number of thioether (sulfide) groups is 2. The van der Waals surface area contributed by atoms with Crippen LogP contribution in [0.3, 0.4) is 0 Å². The molecular formula is C26H23N9O5S2. The third kappa shape index (κ3) is 5.09. The number of hydrogen-bond donors (Lipinski definition) is 5. The SMILES string of the molecule is CC(Sc1nnn[nH]1)C1=C(C(=O)O)N2C(=O)C(NC(=O)C(NC(=O)c3nc4ccccc4[nH]3)c3ccccc3)[C@@H]2SC1. The van der Waals surface area contributed by atoms with Gasteiger partial charge < -0.3 is 20.7 Å². The number of carboxylic acids is 1. The second-order valence-corrected chi connectivity index (χ2v) is 11.9. The number of fused-ring (bicyclic) bond motifs is 2. The van der Waals surface area contributed by atoms with Crippen LogP contribution in [0.2, 0.25) is 0 Å². The summed E-state index contributed by atoms with van der Waals surface area (Å²) in [4.78, 5) is 60.8. The van der Waals surface area contributed by atoms with Crippen LogP contribution in [0, 0.1) is 0 Å². The highest BCUT2D eigenvalue weighted by molar-refractivity contribution is 8.01. The van der Waals surface area contributed by atoms with Gasteiger partial charge in [-0.2, -0.15) is 0 Å². The number of β-lactam (4-membered cyclic amide) rings is 1. The number of aromatic amines is 2. The Hall–Kier alpha value is -4.70. The van der Waals surface area contributed by atoms with Crippen LogP contribution in [0.5, 0.6) is 0 Å². The summed E-state index contributed by atoms with van der Waals surface area (Å²) >= 11 is 2.59. The second kappa shape index (κ2) is 11.3. The van der Waals surface area contributed by atoms with Crippen molar-refractivity contribution in [1.29, 1.82) is 0 Å². The fourth-order valence-corrected chi connectivity index (χ4v) is 7.26. The maximum Gasteiger partial charge on any atom is 0.352 e. The monoisotopic (exact) mass is 605 g/mol. The van der Waals surface area contributed by atoms with Crippen LogP contribution < -0.4 is 10.6 Å². The lowest BCUT2D eigenvalue weighted by atomic mass is 10.00. The van der Waals surface area contributed by atoms with E-state index in [-0.39, 0.29) is 16.8 Å². The van der Waals surface area contributed by atoms with Gasteiger partial charge in [0.25, 0.3) is 11.8 Å². The molecule has 4 aromatic rings. The number of carboxylic acid groups (broad SMARTS) is 1. The number of amides is 3. The molecule has 4 atom stereocenters. The average Bonchev–Trinajstić information content (AvgIpc) is 3.68.